The zero-order valence-corrected chi connectivity index (χ0v) is 19.3. The van der Waals surface area contributed by atoms with Gasteiger partial charge in [-0.15, -0.1) is 0 Å². The van der Waals surface area contributed by atoms with Crippen molar-refractivity contribution in [2.75, 3.05) is 11.8 Å². The lowest BCUT2D eigenvalue weighted by molar-refractivity contribution is -0.132. The van der Waals surface area contributed by atoms with Crippen LogP contribution in [0.25, 0.3) is 0 Å². The highest BCUT2D eigenvalue weighted by Gasteiger charge is 2.27. The highest BCUT2D eigenvalue weighted by atomic mass is 32.2. The number of nitrogens with one attached hydrogen (secondary N) is 2. The average Bonchev–Trinajstić information content (AvgIpc) is 2.66. The van der Waals surface area contributed by atoms with Gasteiger partial charge in [-0.2, -0.15) is 8.42 Å². The lowest BCUT2D eigenvalue weighted by atomic mass is 10.0. The lowest BCUT2D eigenvalue weighted by Gasteiger charge is -2.27. The predicted molar refractivity (Wildman–Crippen MR) is 121 cm³/mol. The first kappa shape index (κ1) is 25.2. The van der Waals surface area contributed by atoms with Crippen molar-refractivity contribution in [1.82, 2.24) is 10.2 Å². The molecular formula is C22H29N3O6S. The first-order chi connectivity index (χ1) is 14.8. The summed E-state index contributed by atoms with van der Waals surface area (Å²) in [6, 6.07) is 14.7. The summed E-state index contributed by atoms with van der Waals surface area (Å²) >= 11 is 0. The van der Waals surface area contributed by atoms with Gasteiger partial charge in [-0.3, -0.25) is 14.1 Å². The molecule has 0 aliphatic carbocycles. The quantitative estimate of drug-likeness (QED) is 0.517. The van der Waals surface area contributed by atoms with Gasteiger partial charge >= 0.3 is 16.4 Å². The number of carbonyl (C=O) groups is 2. The van der Waals surface area contributed by atoms with E-state index in [0.29, 0.717) is 12.1 Å². The molecule has 0 radical (unpaired) electrons. The van der Waals surface area contributed by atoms with Crippen molar-refractivity contribution in [3.63, 3.8) is 0 Å². The predicted octanol–water partition coefficient (Wildman–Crippen LogP) is 3.00. The smallest absolute Gasteiger partial charge is 0.408 e. The maximum atomic E-state index is 13.1. The fourth-order valence-corrected chi connectivity index (χ4v) is 3.38. The number of alkyl carbamates (subject to hydrolysis) is 1. The van der Waals surface area contributed by atoms with E-state index in [0.717, 1.165) is 5.56 Å². The fourth-order valence-electron chi connectivity index (χ4n) is 2.94. The molecule has 10 heteroatoms. The normalized spacial score (nSPS) is 12.5. The number of hydrogen-bond donors (Lipinski definition) is 3. The molecule has 0 fully saturated rings. The van der Waals surface area contributed by atoms with Gasteiger partial charge in [0.2, 0.25) is 5.91 Å². The molecular weight excluding hydrogens is 434 g/mol. The topological polar surface area (TPSA) is 125 Å². The molecule has 1 atom stereocenters. The maximum absolute atomic E-state index is 13.1. The van der Waals surface area contributed by atoms with Crippen molar-refractivity contribution in [3.05, 3.63) is 65.7 Å². The molecule has 2 rings (SSSR count). The van der Waals surface area contributed by atoms with Gasteiger partial charge in [0.05, 0.1) is 5.69 Å². The molecule has 3 N–H and O–H groups in total. The third-order valence-electron chi connectivity index (χ3n) is 4.27. The Kier molecular flexibility index (Phi) is 8.23. The fraction of sp³-hybridized carbons (Fsp3) is 0.364. The standard InChI is InChI=1S/C22H29N3O6S/c1-22(2,3)31-21(27)23-19(20(26)25(4)15-17-8-6-5-7-9-17)14-16-10-12-18(13-11-16)24-32(28,29)30/h5-13,19,24H,14-15H2,1-4H3,(H,23,27)(H,28,29,30)/t19-/m0/s1. The number of likely N-dealkylation sites (N-methyl/N-ethyl adjacent to an activating group) is 1. The average molecular weight is 464 g/mol. The largest absolute Gasteiger partial charge is 0.444 e. The number of anilines is 1. The van der Waals surface area contributed by atoms with Crippen LogP contribution in [0.15, 0.2) is 54.6 Å². The summed E-state index contributed by atoms with van der Waals surface area (Å²) in [6.07, 6.45) is -0.558. The van der Waals surface area contributed by atoms with Gasteiger partial charge < -0.3 is 15.0 Å². The summed E-state index contributed by atoms with van der Waals surface area (Å²) < 4.78 is 38.0. The second-order valence-corrected chi connectivity index (χ2v) is 9.51. The highest BCUT2D eigenvalue weighted by molar-refractivity contribution is 7.87. The van der Waals surface area contributed by atoms with Crippen LogP contribution in [0.5, 0.6) is 0 Å². The second kappa shape index (κ2) is 10.5. The van der Waals surface area contributed by atoms with E-state index < -0.39 is 28.0 Å². The summed E-state index contributed by atoms with van der Waals surface area (Å²) in [6.45, 7) is 5.55. The van der Waals surface area contributed by atoms with Crippen LogP contribution in [0, 0.1) is 0 Å². The van der Waals surface area contributed by atoms with Crippen LogP contribution in [-0.4, -0.2) is 48.6 Å². The van der Waals surface area contributed by atoms with Gasteiger partial charge in [-0.25, -0.2) is 4.79 Å². The van der Waals surface area contributed by atoms with Crippen molar-refractivity contribution in [1.29, 1.82) is 0 Å². The Bertz CT molecular complexity index is 1020. The van der Waals surface area contributed by atoms with Crippen LogP contribution in [0.4, 0.5) is 10.5 Å². The molecule has 0 aromatic heterocycles. The Morgan fingerprint density at radius 2 is 1.62 bits per heavy atom. The van der Waals surface area contributed by atoms with Crippen molar-refractivity contribution in [2.24, 2.45) is 0 Å². The molecule has 0 bridgehead atoms. The Labute approximate surface area is 188 Å². The lowest BCUT2D eigenvalue weighted by Crippen LogP contribution is -2.49. The molecule has 2 amide bonds. The number of ether oxygens (including phenoxy) is 1. The molecule has 0 spiro atoms. The summed E-state index contributed by atoms with van der Waals surface area (Å²) in [7, 11) is -2.73. The molecule has 2 aromatic rings. The first-order valence-electron chi connectivity index (χ1n) is 9.95. The van der Waals surface area contributed by atoms with E-state index in [1.54, 1.807) is 40.0 Å². The van der Waals surface area contributed by atoms with Crippen LogP contribution in [0.1, 0.15) is 31.9 Å². The number of hydrogen-bond acceptors (Lipinski definition) is 5. The minimum Gasteiger partial charge on any atom is -0.444 e. The van der Waals surface area contributed by atoms with Gasteiger partial charge in [0, 0.05) is 20.0 Å². The number of amides is 2. The number of nitrogens with zero attached hydrogens (tertiary/aromatic N) is 1. The molecule has 9 nitrogen and oxygen atoms in total. The summed E-state index contributed by atoms with van der Waals surface area (Å²) in [5, 5.41) is 2.64. The van der Waals surface area contributed by atoms with Crippen molar-refractivity contribution in [3.8, 4) is 0 Å². The number of carbonyl (C=O) groups excluding carboxylic acids is 2. The van der Waals surface area contributed by atoms with Gasteiger partial charge in [0.15, 0.2) is 0 Å². The molecule has 174 valence electrons. The number of benzene rings is 2. The SMILES string of the molecule is CN(Cc1ccccc1)C(=O)[C@H](Cc1ccc(NS(=O)(=O)O)cc1)NC(=O)OC(C)(C)C. The number of rotatable bonds is 8. The third kappa shape index (κ3) is 8.94. The Morgan fingerprint density at radius 1 is 1.03 bits per heavy atom. The molecule has 0 aliphatic heterocycles. The third-order valence-corrected chi connectivity index (χ3v) is 4.76. The Balaban J connectivity index is 2.17. The van der Waals surface area contributed by atoms with Crippen LogP contribution in [0.2, 0.25) is 0 Å². The minimum absolute atomic E-state index is 0.156. The van der Waals surface area contributed by atoms with Crippen LogP contribution < -0.4 is 10.0 Å². The highest BCUT2D eigenvalue weighted by Crippen LogP contribution is 2.15. The van der Waals surface area contributed by atoms with E-state index in [9.17, 15) is 18.0 Å². The zero-order valence-electron chi connectivity index (χ0n) is 18.5. The van der Waals surface area contributed by atoms with E-state index >= 15 is 0 Å². The van der Waals surface area contributed by atoms with Crippen molar-refractivity contribution < 1.29 is 27.3 Å². The molecule has 0 heterocycles. The first-order valence-corrected chi connectivity index (χ1v) is 11.4. The molecule has 0 unspecified atom stereocenters. The maximum Gasteiger partial charge on any atom is 0.408 e. The van der Waals surface area contributed by atoms with E-state index in [1.165, 1.54) is 17.0 Å². The van der Waals surface area contributed by atoms with Crippen LogP contribution in [-0.2, 0) is 32.8 Å². The van der Waals surface area contributed by atoms with E-state index in [4.69, 9.17) is 9.29 Å². The van der Waals surface area contributed by atoms with Crippen LogP contribution >= 0.6 is 0 Å². The monoisotopic (exact) mass is 463 g/mol. The molecule has 2 aromatic carbocycles. The summed E-state index contributed by atoms with van der Waals surface area (Å²) in [5.74, 6) is -0.306. The Hall–Kier alpha value is -3.11. The summed E-state index contributed by atoms with van der Waals surface area (Å²) in [4.78, 5) is 27.0. The van der Waals surface area contributed by atoms with E-state index in [1.807, 2.05) is 35.1 Å². The molecule has 32 heavy (non-hydrogen) atoms. The molecule has 0 saturated heterocycles. The zero-order chi connectivity index (χ0) is 23.9. The molecule has 0 aliphatic rings. The molecule has 0 saturated carbocycles. The minimum atomic E-state index is -4.39. The van der Waals surface area contributed by atoms with Crippen molar-refractivity contribution >= 4 is 28.0 Å². The van der Waals surface area contributed by atoms with Gasteiger partial charge in [0.25, 0.3) is 0 Å². The van der Waals surface area contributed by atoms with Crippen molar-refractivity contribution in [2.45, 2.75) is 45.4 Å². The summed E-state index contributed by atoms with van der Waals surface area (Å²) in [5.41, 5.74) is 1.06. The van der Waals surface area contributed by atoms with E-state index in [-0.39, 0.29) is 18.0 Å². The van der Waals surface area contributed by atoms with Gasteiger partial charge in [-0.1, -0.05) is 42.5 Å². The van der Waals surface area contributed by atoms with Gasteiger partial charge in [-0.05, 0) is 44.0 Å². The Morgan fingerprint density at radius 3 is 2.16 bits per heavy atom. The van der Waals surface area contributed by atoms with Crippen LogP contribution in [0.3, 0.4) is 0 Å². The van der Waals surface area contributed by atoms with E-state index in [2.05, 4.69) is 5.32 Å². The second-order valence-electron chi connectivity index (χ2n) is 8.36. The van der Waals surface area contributed by atoms with Gasteiger partial charge in [0.1, 0.15) is 11.6 Å².